The van der Waals surface area contributed by atoms with Gasteiger partial charge in [0.1, 0.15) is 5.82 Å². The molecule has 5 heteroatoms. The number of benzene rings is 2. The number of nitrogens with zero attached hydrogens (tertiary/aromatic N) is 4. The predicted octanol–water partition coefficient (Wildman–Crippen LogP) is 4.05. The summed E-state index contributed by atoms with van der Waals surface area (Å²) >= 11 is 1.59. The van der Waals surface area contributed by atoms with Crippen LogP contribution in [0.25, 0.3) is 5.69 Å². The molecule has 2 aromatic carbocycles. The Kier molecular flexibility index (Phi) is 4.45. The lowest BCUT2D eigenvalue weighted by Gasteiger charge is -2.09. The quantitative estimate of drug-likeness (QED) is 0.681. The van der Waals surface area contributed by atoms with Crippen LogP contribution in [0.2, 0.25) is 0 Å². The minimum Gasteiger partial charge on any atom is -0.274 e. The topological polar surface area (TPSA) is 54.5 Å². The summed E-state index contributed by atoms with van der Waals surface area (Å²) in [6.45, 7) is 4.02. The van der Waals surface area contributed by atoms with Crippen molar-refractivity contribution in [3.63, 3.8) is 0 Å². The van der Waals surface area contributed by atoms with E-state index in [1.165, 1.54) is 5.56 Å². The van der Waals surface area contributed by atoms with E-state index in [0.29, 0.717) is 11.3 Å². The van der Waals surface area contributed by atoms with Crippen molar-refractivity contribution in [2.75, 3.05) is 0 Å². The molecule has 0 N–H and O–H groups in total. The monoisotopic (exact) mass is 320 g/mol. The Labute approximate surface area is 139 Å². The Morgan fingerprint density at radius 2 is 1.91 bits per heavy atom. The minimum atomic E-state index is 0.688. The van der Waals surface area contributed by atoms with Gasteiger partial charge in [-0.25, -0.2) is 0 Å². The van der Waals surface area contributed by atoms with Gasteiger partial charge in [0, 0.05) is 11.4 Å². The van der Waals surface area contributed by atoms with Crippen LogP contribution < -0.4 is 0 Å². The molecule has 0 radical (unpaired) electrons. The van der Waals surface area contributed by atoms with Gasteiger partial charge in [-0.1, -0.05) is 42.1 Å². The van der Waals surface area contributed by atoms with Crippen molar-refractivity contribution in [2.24, 2.45) is 0 Å². The lowest BCUT2D eigenvalue weighted by Crippen LogP contribution is -1.99. The van der Waals surface area contributed by atoms with Gasteiger partial charge < -0.3 is 0 Å². The largest absolute Gasteiger partial charge is 0.274 e. The number of aromatic nitrogens is 3. The van der Waals surface area contributed by atoms with Crippen LogP contribution in [0.4, 0.5) is 0 Å². The van der Waals surface area contributed by atoms with E-state index in [-0.39, 0.29) is 0 Å². The SMILES string of the molecule is Cc1cccc(-n2c(C)nnc2SCc2ccccc2C#N)c1. The van der Waals surface area contributed by atoms with Crippen LogP contribution in [-0.2, 0) is 5.75 Å². The first-order chi connectivity index (χ1) is 11.2. The molecular formula is C18H16N4S. The van der Waals surface area contributed by atoms with Gasteiger partial charge >= 0.3 is 0 Å². The molecule has 0 atom stereocenters. The van der Waals surface area contributed by atoms with Crippen LogP contribution in [0, 0.1) is 25.2 Å². The second-order valence-electron chi connectivity index (χ2n) is 5.26. The second-order valence-corrected chi connectivity index (χ2v) is 6.20. The molecule has 3 aromatic rings. The molecule has 0 amide bonds. The van der Waals surface area contributed by atoms with Crippen molar-refractivity contribution in [1.29, 1.82) is 5.26 Å². The standard InChI is InChI=1S/C18H16N4S/c1-13-6-5-9-17(10-13)22-14(2)20-21-18(22)23-12-16-8-4-3-7-15(16)11-19/h3-10H,12H2,1-2H3. The molecule has 4 nitrogen and oxygen atoms in total. The minimum absolute atomic E-state index is 0.688. The van der Waals surface area contributed by atoms with E-state index in [1.54, 1.807) is 11.8 Å². The average molecular weight is 320 g/mol. The molecule has 0 bridgehead atoms. The first-order valence-electron chi connectivity index (χ1n) is 7.29. The number of hydrogen-bond donors (Lipinski definition) is 0. The Hall–Kier alpha value is -2.58. The lowest BCUT2D eigenvalue weighted by molar-refractivity contribution is 0.867. The highest BCUT2D eigenvalue weighted by Gasteiger charge is 2.12. The van der Waals surface area contributed by atoms with Gasteiger partial charge in [0.25, 0.3) is 0 Å². The van der Waals surface area contributed by atoms with Crippen molar-refractivity contribution < 1.29 is 0 Å². The highest BCUT2D eigenvalue weighted by atomic mass is 32.2. The number of thioether (sulfide) groups is 1. The van der Waals surface area contributed by atoms with Gasteiger partial charge in [-0.15, -0.1) is 10.2 Å². The summed E-state index contributed by atoms with van der Waals surface area (Å²) in [5.41, 5.74) is 3.97. The summed E-state index contributed by atoms with van der Waals surface area (Å²) in [5.74, 6) is 1.54. The third kappa shape index (κ3) is 3.27. The van der Waals surface area contributed by atoms with Crippen LogP contribution in [0.1, 0.15) is 22.5 Å². The maximum Gasteiger partial charge on any atom is 0.196 e. The van der Waals surface area contributed by atoms with Crippen LogP contribution >= 0.6 is 11.8 Å². The zero-order valence-corrected chi connectivity index (χ0v) is 13.8. The first-order valence-corrected chi connectivity index (χ1v) is 8.27. The van der Waals surface area contributed by atoms with Crippen molar-refractivity contribution in [2.45, 2.75) is 24.8 Å². The first kappa shape index (κ1) is 15.3. The van der Waals surface area contributed by atoms with Crippen molar-refractivity contribution in [3.8, 4) is 11.8 Å². The van der Waals surface area contributed by atoms with Crippen molar-refractivity contribution in [1.82, 2.24) is 14.8 Å². The van der Waals surface area contributed by atoms with Gasteiger partial charge in [0.05, 0.1) is 11.6 Å². The molecule has 0 aliphatic heterocycles. The van der Waals surface area contributed by atoms with Crippen LogP contribution in [0.3, 0.4) is 0 Å². The van der Waals surface area contributed by atoms with E-state index in [9.17, 15) is 5.26 Å². The van der Waals surface area contributed by atoms with E-state index >= 15 is 0 Å². The summed E-state index contributed by atoms with van der Waals surface area (Å²) in [6.07, 6.45) is 0. The average Bonchev–Trinajstić information content (AvgIpc) is 2.94. The van der Waals surface area contributed by atoms with Crippen molar-refractivity contribution >= 4 is 11.8 Å². The highest BCUT2D eigenvalue weighted by molar-refractivity contribution is 7.98. The third-order valence-corrected chi connectivity index (χ3v) is 4.53. The van der Waals surface area contributed by atoms with Gasteiger partial charge in [-0.3, -0.25) is 4.57 Å². The Morgan fingerprint density at radius 1 is 1.09 bits per heavy atom. The third-order valence-electron chi connectivity index (χ3n) is 3.55. The number of nitriles is 1. The van der Waals surface area contributed by atoms with Crippen LogP contribution in [-0.4, -0.2) is 14.8 Å². The fraction of sp³-hybridized carbons (Fsp3) is 0.167. The molecule has 3 rings (SSSR count). The Balaban J connectivity index is 1.89. The summed E-state index contributed by atoms with van der Waals surface area (Å²) < 4.78 is 2.05. The maximum absolute atomic E-state index is 9.19. The molecule has 1 aromatic heterocycles. The normalized spacial score (nSPS) is 10.5. The lowest BCUT2D eigenvalue weighted by atomic mass is 10.1. The van der Waals surface area contributed by atoms with E-state index in [4.69, 9.17) is 0 Å². The zero-order chi connectivity index (χ0) is 16.2. The molecule has 0 spiro atoms. The molecule has 0 fully saturated rings. The Morgan fingerprint density at radius 3 is 2.70 bits per heavy atom. The highest BCUT2D eigenvalue weighted by Crippen LogP contribution is 2.26. The second kappa shape index (κ2) is 6.67. The smallest absolute Gasteiger partial charge is 0.196 e. The van der Waals surface area contributed by atoms with E-state index < -0.39 is 0 Å². The van der Waals surface area contributed by atoms with Crippen molar-refractivity contribution in [3.05, 3.63) is 71.0 Å². The summed E-state index contributed by atoms with van der Waals surface area (Å²) in [6, 6.07) is 18.2. The molecule has 114 valence electrons. The fourth-order valence-electron chi connectivity index (χ4n) is 2.40. The number of aryl methyl sites for hydroxylation is 2. The number of hydrogen-bond acceptors (Lipinski definition) is 4. The van der Waals surface area contributed by atoms with Gasteiger partial charge in [0.15, 0.2) is 5.16 Å². The molecule has 1 heterocycles. The van der Waals surface area contributed by atoms with E-state index in [2.05, 4.69) is 41.4 Å². The van der Waals surface area contributed by atoms with Gasteiger partial charge in [-0.05, 0) is 43.2 Å². The summed E-state index contributed by atoms with van der Waals surface area (Å²) in [5, 5.41) is 18.5. The summed E-state index contributed by atoms with van der Waals surface area (Å²) in [4.78, 5) is 0. The number of rotatable bonds is 4. The predicted molar refractivity (Wildman–Crippen MR) is 91.6 cm³/mol. The Bertz CT molecular complexity index is 877. The van der Waals surface area contributed by atoms with E-state index in [0.717, 1.165) is 22.2 Å². The molecule has 0 saturated carbocycles. The molecular weight excluding hydrogens is 304 g/mol. The van der Waals surface area contributed by atoms with Gasteiger partial charge in [0.2, 0.25) is 0 Å². The van der Waals surface area contributed by atoms with Gasteiger partial charge in [-0.2, -0.15) is 5.26 Å². The molecule has 0 aliphatic carbocycles. The zero-order valence-electron chi connectivity index (χ0n) is 13.0. The van der Waals surface area contributed by atoms with E-state index in [1.807, 2.05) is 41.8 Å². The summed E-state index contributed by atoms with van der Waals surface area (Å²) in [7, 11) is 0. The van der Waals surface area contributed by atoms with Crippen LogP contribution in [0.15, 0.2) is 53.7 Å². The maximum atomic E-state index is 9.19. The molecule has 0 saturated heterocycles. The molecule has 23 heavy (non-hydrogen) atoms. The van der Waals surface area contributed by atoms with Crippen LogP contribution in [0.5, 0.6) is 0 Å². The molecule has 0 unspecified atom stereocenters. The molecule has 0 aliphatic rings. The fourth-order valence-corrected chi connectivity index (χ4v) is 3.40.